The lowest BCUT2D eigenvalue weighted by Crippen LogP contribution is -2.17. The van der Waals surface area contributed by atoms with E-state index in [0.29, 0.717) is 5.56 Å². The van der Waals surface area contributed by atoms with Gasteiger partial charge in [-0.3, -0.25) is 0 Å². The van der Waals surface area contributed by atoms with Crippen LogP contribution in [0.15, 0.2) is 18.2 Å². The van der Waals surface area contributed by atoms with Gasteiger partial charge < -0.3 is 9.84 Å². The third-order valence-electron chi connectivity index (χ3n) is 2.40. The maximum atomic E-state index is 11.0. The van der Waals surface area contributed by atoms with Crippen LogP contribution in [0, 0.1) is 0 Å². The highest BCUT2D eigenvalue weighted by atomic mass is 16.5. The second kappa shape index (κ2) is 4.78. The summed E-state index contributed by atoms with van der Waals surface area (Å²) in [5.41, 5.74) is 1.08. The Morgan fingerprint density at radius 3 is 2.29 bits per heavy atom. The third kappa shape index (κ3) is 3.48. The number of hydrogen-bond donors (Lipinski definition) is 1. The van der Waals surface area contributed by atoms with E-state index in [1.54, 1.807) is 18.2 Å². The van der Waals surface area contributed by atoms with Crippen molar-refractivity contribution in [1.82, 2.24) is 0 Å². The Labute approximate surface area is 102 Å². The maximum Gasteiger partial charge on any atom is 0.335 e. The fraction of sp³-hybridized carbons (Fsp3) is 0.500. The number of benzene rings is 1. The largest absolute Gasteiger partial charge is 0.491 e. The van der Waals surface area contributed by atoms with Gasteiger partial charge in [0.1, 0.15) is 5.75 Å². The SMILES string of the molecule is CC(C)Oc1ccc(C(=O)O)cc1C(C)(C)C. The molecular weight excluding hydrogens is 216 g/mol. The first-order valence-corrected chi connectivity index (χ1v) is 5.76. The van der Waals surface area contributed by atoms with Crippen LogP contribution in [0.4, 0.5) is 0 Å². The van der Waals surface area contributed by atoms with Crippen molar-refractivity contribution in [3.63, 3.8) is 0 Å². The third-order valence-corrected chi connectivity index (χ3v) is 2.40. The van der Waals surface area contributed by atoms with Crippen molar-refractivity contribution in [2.24, 2.45) is 0 Å². The lowest BCUT2D eigenvalue weighted by atomic mass is 9.85. The highest BCUT2D eigenvalue weighted by Gasteiger charge is 2.21. The first-order chi connectivity index (χ1) is 7.71. The second-order valence-electron chi connectivity index (χ2n) is 5.43. The molecular formula is C14H20O3. The first kappa shape index (κ1) is 13.6. The zero-order chi connectivity index (χ0) is 13.2. The van der Waals surface area contributed by atoms with Gasteiger partial charge in [-0.2, -0.15) is 0 Å². The van der Waals surface area contributed by atoms with Crippen molar-refractivity contribution < 1.29 is 14.6 Å². The Balaban J connectivity index is 3.27. The molecule has 0 atom stereocenters. The highest BCUT2D eigenvalue weighted by molar-refractivity contribution is 5.88. The molecule has 94 valence electrons. The quantitative estimate of drug-likeness (QED) is 0.874. The number of aromatic carboxylic acids is 1. The molecule has 0 saturated carbocycles. The van der Waals surface area contributed by atoms with E-state index in [0.717, 1.165) is 11.3 Å². The lowest BCUT2D eigenvalue weighted by molar-refractivity contribution is 0.0696. The van der Waals surface area contributed by atoms with Crippen molar-refractivity contribution in [2.45, 2.75) is 46.1 Å². The average Bonchev–Trinajstić information content (AvgIpc) is 2.15. The van der Waals surface area contributed by atoms with Crippen LogP contribution < -0.4 is 4.74 Å². The molecule has 1 N–H and O–H groups in total. The predicted molar refractivity (Wildman–Crippen MR) is 67.9 cm³/mol. The van der Waals surface area contributed by atoms with Gasteiger partial charge in [-0.25, -0.2) is 4.79 Å². The summed E-state index contributed by atoms with van der Waals surface area (Å²) < 4.78 is 5.71. The van der Waals surface area contributed by atoms with Crippen LogP contribution in [0.1, 0.15) is 50.5 Å². The molecule has 0 unspecified atom stereocenters. The molecule has 17 heavy (non-hydrogen) atoms. The molecule has 0 amide bonds. The molecule has 0 bridgehead atoms. The van der Waals surface area contributed by atoms with E-state index in [-0.39, 0.29) is 11.5 Å². The van der Waals surface area contributed by atoms with E-state index >= 15 is 0 Å². The van der Waals surface area contributed by atoms with Crippen LogP contribution >= 0.6 is 0 Å². The molecule has 0 aliphatic carbocycles. The van der Waals surface area contributed by atoms with Gasteiger partial charge in [0, 0.05) is 5.56 Å². The lowest BCUT2D eigenvalue weighted by Gasteiger charge is -2.24. The Kier molecular flexibility index (Phi) is 3.81. The summed E-state index contributed by atoms with van der Waals surface area (Å²) in [6, 6.07) is 5.01. The van der Waals surface area contributed by atoms with Gasteiger partial charge in [-0.1, -0.05) is 20.8 Å². The Bertz CT molecular complexity index is 414. The molecule has 1 aromatic rings. The van der Waals surface area contributed by atoms with Gasteiger partial charge in [-0.15, -0.1) is 0 Å². The number of carboxylic acid groups (broad SMARTS) is 1. The summed E-state index contributed by atoms with van der Waals surface area (Å²) in [7, 11) is 0. The molecule has 1 rings (SSSR count). The number of rotatable bonds is 3. The van der Waals surface area contributed by atoms with Crippen LogP contribution in [0.2, 0.25) is 0 Å². The molecule has 0 heterocycles. The molecule has 0 fully saturated rings. The van der Waals surface area contributed by atoms with Crippen molar-refractivity contribution in [1.29, 1.82) is 0 Å². The minimum Gasteiger partial charge on any atom is -0.491 e. The predicted octanol–water partition coefficient (Wildman–Crippen LogP) is 3.47. The summed E-state index contributed by atoms with van der Waals surface area (Å²) in [4.78, 5) is 11.0. The number of carbonyl (C=O) groups is 1. The molecule has 0 radical (unpaired) electrons. The summed E-state index contributed by atoms with van der Waals surface area (Å²) in [6.45, 7) is 10.0. The Hall–Kier alpha value is -1.51. The monoisotopic (exact) mass is 236 g/mol. The van der Waals surface area contributed by atoms with Crippen molar-refractivity contribution in [3.8, 4) is 5.75 Å². The minimum atomic E-state index is -0.911. The molecule has 0 saturated heterocycles. The minimum absolute atomic E-state index is 0.0757. The fourth-order valence-corrected chi connectivity index (χ4v) is 1.61. The molecule has 0 aromatic heterocycles. The molecule has 0 aliphatic heterocycles. The summed E-state index contributed by atoms with van der Waals surface area (Å²) >= 11 is 0. The standard InChI is InChI=1S/C14H20O3/c1-9(2)17-12-7-6-10(13(15)16)8-11(12)14(3,4)5/h6-9H,1-5H3,(H,15,16). The van der Waals surface area contributed by atoms with Crippen molar-refractivity contribution >= 4 is 5.97 Å². The fourth-order valence-electron chi connectivity index (χ4n) is 1.61. The average molecular weight is 236 g/mol. The van der Waals surface area contributed by atoms with E-state index in [1.165, 1.54) is 0 Å². The number of ether oxygens (including phenoxy) is 1. The zero-order valence-corrected chi connectivity index (χ0v) is 11.1. The van der Waals surface area contributed by atoms with Crippen LogP contribution in [0.25, 0.3) is 0 Å². The van der Waals surface area contributed by atoms with Crippen LogP contribution in [0.5, 0.6) is 5.75 Å². The first-order valence-electron chi connectivity index (χ1n) is 5.76. The van der Waals surface area contributed by atoms with Gasteiger partial charge in [0.2, 0.25) is 0 Å². The van der Waals surface area contributed by atoms with Crippen LogP contribution in [0.3, 0.4) is 0 Å². The van der Waals surface area contributed by atoms with E-state index in [4.69, 9.17) is 9.84 Å². The van der Waals surface area contributed by atoms with E-state index < -0.39 is 5.97 Å². The summed E-state index contributed by atoms with van der Waals surface area (Å²) in [6.07, 6.45) is 0.0757. The van der Waals surface area contributed by atoms with Gasteiger partial charge in [-0.05, 0) is 37.5 Å². The molecule has 0 spiro atoms. The second-order valence-corrected chi connectivity index (χ2v) is 5.43. The smallest absolute Gasteiger partial charge is 0.335 e. The normalized spacial score (nSPS) is 11.6. The molecule has 3 nitrogen and oxygen atoms in total. The Morgan fingerprint density at radius 1 is 1.29 bits per heavy atom. The molecule has 0 aliphatic rings. The topological polar surface area (TPSA) is 46.5 Å². The van der Waals surface area contributed by atoms with Crippen LogP contribution in [-0.2, 0) is 5.41 Å². The van der Waals surface area contributed by atoms with Crippen LogP contribution in [-0.4, -0.2) is 17.2 Å². The van der Waals surface area contributed by atoms with Gasteiger partial charge >= 0.3 is 5.97 Å². The van der Waals surface area contributed by atoms with E-state index in [2.05, 4.69) is 0 Å². The van der Waals surface area contributed by atoms with Gasteiger partial charge in [0.05, 0.1) is 11.7 Å². The highest BCUT2D eigenvalue weighted by Crippen LogP contribution is 2.32. The summed E-state index contributed by atoms with van der Waals surface area (Å²) in [5.74, 6) is -0.149. The molecule has 1 aromatic carbocycles. The summed E-state index contributed by atoms with van der Waals surface area (Å²) in [5, 5.41) is 9.01. The van der Waals surface area contributed by atoms with Gasteiger partial charge in [0.15, 0.2) is 0 Å². The zero-order valence-electron chi connectivity index (χ0n) is 11.1. The number of hydrogen-bond acceptors (Lipinski definition) is 2. The van der Waals surface area contributed by atoms with Crippen molar-refractivity contribution in [2.75, 3.05) is 0 Å². The molecule has 3 heteroatoms. The van der Waals surface area contributed by atoms with E-state index in [1.807, 2.05) is 34.6 Å². The number of carboxylic acids is 1. The Morgan fingerprint density at radius 2 is 1.88 bits per heavy atom. The maximum absolute atomic E-state index is 11.0. The van der Waals surface area contributed by atoms with Gasteiger partial charge in [0.25, 0.3) is 0 Å². The van der Waals surface area contributed by atoms with Crippen molar-refractivity contribution in [3.05, 3.63) is 29.3 Å². The van der Waals surface area contributed by atoms with E-state index in [9.17, 15) is 4.79 Å².